The molecular weight excluding hydrogens is 392 g/mol. The summed E-state index contributed by atoms with van der Waals surface area (Å²) in [7, 11) is -3.61. The van der Waals surface area contributed by atoms with Gasteiger partial charge in [-0.1, -0.05) is 37.3 Å². The highest BCUT2D eigenvalue weighted by atomic mass is 32.2. The van der Waals surface area contributed by atoms with Crippen molar-refractivity contribution in [2.24, 2.45) is 0 Å². The molecule has 7 nitrogen and oxygen atoms in total. The molecule has 0 aromatic heterocycles. The second-order valence-electron chi connectivity index (χ2n) is 6.75. The first-order valence-electron chi connectivity index (χ1n) is 9.57. The number of likely N-dealkylation sites (tertiary alicyclic amines) is 1. The van der Waals surface area contributed by atoms with Crippen LogP contribution in [0, 0.1) is 0 Å². The number of hydrogen-bond donors (Lipinski definition) is 1. The van der Waals surface area contributed by atoms with E-state index in [4.69, 9.17) is 4.74 Å². The number of hydrogen-bond acceptors (Lipinski definition) is 5. The molecule has 0 spiro atoms. The average Bonchev–Trinajstić information content (AvgIpc) is 3.27. The van der Waals surface area contributed by atoms with Gasteiger partial charge in [0.2, 0.25) is 16.1 Å². The van der Waals surface area contributed by atoms with Crippen LogP contribution >= 0.6 is 0 Å². The van der Waals surface area contributed by atoms with E-state index >= 15 is 0 Å². The molecule has 0 unspecified atom stereocenters. The Morgan fingerprint density at radius 1 is 1.03 bits per heavy atom. The Bertz CT molecular complexity index is 952. The fourth-order valence-electron chi connectivity index (χ4n) is 3.21. The molecule has 1 amide bonds. The molecule has 0 bridgehead atoms. The highest BCUT2D eigenvalue weighted by Crippen LogP contribution is 2.24. The lowest BCUT2D eigenvalue weighted by Crippen LogP contribution is -2.34. The van der Waals surface area contributed by atoms with Gasteiger partial charge in [-0.15, -0.1) is 0 Å². The van der Waals surface area contributed by atoms with Gasteiger partial charge < -0.3 is 9.64 Å². The fourth-order valence-corrected chi connectivity index (χ4v) is 4.25. The summed E-state index contributed by atoms with van der Waals surface area (Å²) < 4.78 is 32.0. The maximum absolute atomic E-state index is 12.9. The zero-order valence-electron chi connectivity index (χ0n) is 16.2. The Labute approximate surface area is 170 Å². The number of sulfonamides is 1. The van der Waals surface area contributed by atoms with Gasteiger partial charge in [-0.25, -0.2) is 17.9 Å². The minimum Gasteiger partial charge on any atom is -0.444 e. The first-order valence-corrected chi connectivity index (χ1v) is 11.0. The van der Waals surface area contributed by atoms with Crippen LogP contribution < -0.4 is 4.72 Å². The molecule has 1 aliphatic rings. The topological polar surface area (TPSA) is 92.8 Å². The molecule has 3 rings (SSSR count). The Kier molecular flexibility index (Phi) is 6.66. The Morgan fingerprint density at radius 2 is 1.66 bits per heavy atom. The van der Waals surface area contributed by atoms with Gasteiger partial charge in [0.1, 0.15) is 0 Å². The molecule has 1 fully saturated rings. The number of nitrogens with zero attached hydrogens (tertiary/aromatic N) is 1. The van der Waals surface area contributed by atoms with E-state index in [2.05, 4.69) is 4.72 Å². The van der Waals surface area contributed by atoms with Crippen LogP contribution in [-0.2, 0) is 19.6 Å². The molecule has 8 heteroatoms. The van der Waals surface area contributed by atoms with Crippen molar-refractivity contribution >= 4 is 21.9 Å². The van der Waals surface area contributed by atoms with E-state index in [0.29, 0.717) is 18.7 Å². The molecule has 1 N–H and O–H groups in total. The first-order chi connectivity index (χ1) is 13.9. The van der Waals surface area contributed by atoms with Gasteiger partial charge in [-0.2, -0.15) is 0 Å². The van der Waals surface area contributed by atoms with Crippen molar-refractivity contribution in [3.63, 3.8) is 0 Å². The normalized spacial score (nSPS) is 15.1. The van der Waals surface area contributed by atoms with Crippen LogP contribution in [0.4, 0.5) is 0 Å². The van der Waals surface area contributed by atoms with Crippen molar-refractivity contribution in [3.05, 3.63) is 65.7 Å². The standard InChI is InChI=1S/C21H24N2O5S/c1-2-22-29(26,27)18-12-10-17(11-13-18)21(25)28-19(16-8-4-3-5-9-16)20(24)23-14-6-7-15-23/h3-5,8-13,19,22H,2,6-7,14-15H2,1H3/t19-/m0/s1. The molecule has 0 radical (unpaired) electrons. The average molecular weight is 416 g/mol. The largest absolute Gasteiger partial charge is 0.444 e. The third-order valence-electron chi connectivity index (χ3n) is 4.70. The number of nitrogens with one attached hydrogen (secondary N) is 1. The van der Waals surface area contributed by atoms with Gasteiger partial charge in [-0.3, -0.25) is 4.79 Å². The van der Waals surface area contributed by atoms with E-state index in [0.717, 1.165) is 12.8 Å². The molecular formula is C21H24N2O5S. The van der Waals surface area contributed by atoms with E-state index in [9.17, 15) is 18.0 Å². The molecule has 1 heterocycles. The van der Waals surface area contributed by atoms with Crippen molar-refractivity contribution in [1.82, 2.24) is 9.62 Å². The first kappa shape index (κ1) is 21.0. The lowest BCUT2D eigenvalue weighted by molar-refractivity contribution is -0.140. The number of carbonyl (C=O) groups excluding carboxylic acids is 2. The van der Waals surface area contributed by atoms with Gasteiger partial charge >= 0.3 is 5.97 Å². The molecule has 2 aromatic rings. The summed E-state index contributed by atoms with van der Waals surface area (Å²) in [5.74, 6) is -0.924. The summed E-state index contributed by atoms with van der Waals surface area (Å²) in [4.78, 5) is 27.4. The molecule has 29 heavy (non-hydrogen) atoms. The number of carbonyl (C=O) groups is 2. The smallest absolute Gasteiger partial charge is 0.339 e. The Morgan fingerprint density at radius 3 is 2.24 bits per heavy atom. The van der Waals surface area contributed by atoms with Crippen molar-refractivity contribution in [1.29, 1.82) is 0 Å². The molecule has 1 saturated heterocycles. The maximum atomic E-state index is 12.9. The Balaban J connectivity index is 1.80. The number of benzene rings is 2. The SMILES string of the molecule is CCNS(=O)(=O)c1ccc(C(=O)O[C@H](C(=O)N2CCCC2)c2ccccc2)cc1. The molecule has 2 aromatic carbocycles. The number of amides is 1. The minimum absolute atomic E-state index is 0.0589. The summed E-state index contributed by atoms with van der Waals surface area (Å²) in [5.41, 5.74) is 0.777. The fraction of sp³-hybridized carbons (Fsp3) is 0.333. The monoisotopic (exact) mass is 416 g/mol. The van der Waals surface area contributed by atoms with Crippen LogP contribution in [0.25, 0.3) is 0 Å². The summed E-state index contributed by atoms with van der Waals surface area (Å²) in [6, 6.07) is 14.3. The second-order valence-corrected chi connectivity index (χ2v) is 8.52. The van der Waals surface area contributed by atoms with Crippen molar-refractivity contribution < 1.29 is 22.7 Å². The predicted molar refractivity (Wildman–Crippen MR) is 108 cm³/mol. The molecule has 1 atom stereocenters. The molecule has 154 valence electrons. The van der Waals surface area contributed by atoms with Crippen LogP contribution in [0.3, 0.4) is 0 Å². The highest BCUT2D eigenvalue weighted by molar-refractivity contribution is 7.89. The number of rotatable bonds is 7. The van der Waals surface area contributed by atoms with E-state index in [1.54, 1.807) is 36.1 Å². The van der Waals surface area contributed by atoms with Gasteiger partial charge in [0, 0.05) is 25.2 Å². The van der Waals surface area contributed by atoms with E-state index in [-0.39, 0.29) is 22.9 Å². The zero-order valence-corrected chi connectivity index (χ0v) is 17.0. The third kappa shape index (κ3) is 5.02. The molecule has 0 saturated carbocycles. The highest BCUT2D eigenvalue weighted by Gasteiger charge is 2.31. The van der Waals surface area contributed by atoms with Gasteiger partial charge in [0.25, 0.3) is 5.91 Å². The Hall–Kier alpha value is -2.71. The van der Waals surface area contributed by atoms with Gasteiger partial charge in [0.15, 0.2) is 0 Å². The quantitative estimate of drug-likeness (QED) is 0.700. The van der Waals surface area contributed by atoms with Crippen LogP contribution in [0.1, 0.15) is 41.8 Å². The number of esters is 1. The summed E-state index contributed by atoms with van der Waals surface area (Å²) in [6.07, 6.45) is 0.832. The summed E-state index contributed by atoms with van der Waals surface area (Å²) in [6.45, 7) is 3.25. The molecule has 1 aliphatic heterocycles. The van der Waals surface area contributed by atoms with Crippen LogP contribution in [0.5, 0.6) is 0 Å². The van der Waals surface area contributed by atoms with E-state index < -0.39 is 22.1 Å². The van der Waals surface area contributed by atoms with Crippen molar-refractivity contribution in [2.75, 3.05) is 19.6 Å². The van der Waals surface area contributed by atoms with E-state index in [1.165, 1.54) is 24.3 Å². The van der Waals surface area contributed by atoms with Gasteiger partial charge in [0.05, 0.1) is 10.5 Å². The summed E-state index contributed by atoms with van der Waals surface area (Å²) >= 11 is 0. The van der Waals surface area contributed by atoms with Crippen LogP contribution in [0.15, 0.2) is 59.5 Å². The number of ether oxygens (including phenoxy) is 1. The van der Waals surface area contributed by atoms with E-state index in [1.807, 2.05) is 6.07 Å². The van der Waals surface area contributed by atoms with Crippen molar-refractivity contribution in [2.45, 2.75) is 30.8 Å². The van der Waals surface area contributed by atoms with Gasteiger partial charge in [-0.05, 0) is 37.1 Å². The summed E-state index contributed by atoms with van der Waals surface area (Å²) in [5, 5.41) is 0. The lowest BCUT2D eigenvalue weighted by Gasteiger charge is -2.23. The predicted octanol–water partition coefficient (Wildman–Crippen LogP) is 2.51. The lowest BCUT2D eigenvalue weighted by atomic mass is 10.1. The zero-order chi connectivity index (χ0) is 20.9. The third-order valence-corrected chi connectivity index (χ3v) is 6.27. The maximum Gasteiger partial charge on any atom is 0.339 e. The van der Waals surface area contributed by atoms with Crippen LogP contribution in [-0.4, -0.2) is 44.8 Å². The molecule has 0 aliphatic carbocycles. The minimum atomic E-state index is -3.61. The van der Waals surface area contributed by atoms with Crippen LogP contribution in [0.2, 0.25) is 0 Å². The van der Waals surface area contributed by atoms with Crippen molar-refractivity contribution in [3.8, 4) is 0 Å². The second kappa shape index (κ2) is 9.19.